The van der Waals surface area contributed by atoms with E-state index in [2.05, 4.69) is 47.9 Å². The van der Waals surface area contributed by atoms with Crippen LogP contribution in [0.25, 0.3) is 0 Å². The molecule has 0 unspecified atom stereocenters. The highest BCUT2D eigenvalue weighted by atomic mass is 16.3. The molecule has 0 saturated carbocycles. The van der Waals surface area contributed by atoms with Crippen LogP contribution in [0.4, 0.5) is 0 Å². The van der Waals surface area contributed by atoms with E-state index in [1.54, 1.807) is 42.5 Å². The number of benzene rings is 2. The zero-order valence-electron chi connectivity index (χ0n) is 33.6. The molecule has 0 aliphatic carbocycles. The van der Waals surface area contributed by atoms with E-state index in [4.69, 9.17) is 5.73 Å². The molecule has 12 N–H and O–H groups in total. The standard InChI is InChI=1S/C39H56N10O10/c1-23(2)16-30(38(58)46-21-34(54)44-20-33(53)42-15-14-41-32(52)19-43-25(4)50)49-39(59)31(18-26-8-6-5-7-9-26)48-35(55)22-45-36(56)24(3)47-37(57)29(40)17-27-10-12-28(51)13-11-27/h5-13,23-24,29-31,51H,14-22,40H2,1-4H3,(H,41,52)(H,42,53)(H,43,50)(H,44,54)(H,45,56)(H,46,58)(H,47,57)(H,48,55)(H,49,59)/t24-,29+,30-,31+/m1/s1. The van der Waals surface area contributed by atoms with Gasteiger partial charge < -0.3 is 58.7 Å². The summed E-state index contributed by atoms with van der Waals surface area (Å²) in [7, 11) is 0. The predicted molar refractivity (Wildman–Crippen MR) is 215 cm³/mol. The van der Waals surface area contributed by atoms with Crippen LogP contribution in [0.5, 0.6) is 5.75 Å². The minimum Gasteiger partial charge on any atom is -0.508 e. The third kappa shape index (κ3) is 20.4. The molecule has 0 aliphatic heterocycles. The van der Waals surface area contributed by atoms with Gasteiger partial charge in [-0.05, 0) is 48.9 Å². The number of nitrogens with one attached hydrogen (secondary N) is 9. The molecule has 2 aromatic carbocycles. The number of phenols is 1. The lowest BCUT2D eigenvalue weighted by atomic mass is 10.0. The second-order valence-corrected chi connectivity index (χ2v) is 14.0. The Morgan fingerprint density at radius 2 is 1.07 bits per heavy atom. The predicted octanol–water partition coefficient (Wildman–Crippen LogP) is -3.26. The van der Waals surface area contributed by atoms with Crippen LogP contribution in [0.1, 0.15) is 45.2 Å². The lowest BCUT2D eigenvalue weighted by Crippen LogP contribution is -2.57. The van der Waals surface area contributed by atoms with E-state index in [1.165, 1.54) is 26.0 Å². The van der Waals surface area contributed by atoms with Crippen molar-refractivity contribution < 1.29 is 48.3 Å². The molecule has 0 bridgehead atoms. The summed E-state index contributed by atoms with van der Waals surface area (Å²) in [5.74, 6) is -5.47. The van der Waals surface area contributed by atoms with Crippen LogP contribution in [0.3, 0.4) is 0 Å². The fourth-order valence-electron chi connectivity index (χ4n) is 5.23. The van der Waals surface area contributed by atoms with E-state index >= 15 is 0 Å². The fraction of sp³-hybridized carbons (Fsp3) is 0.462. The molecule has 0 radical (unpaired) electrons. The summed E-state index contributed by atoms with van der Waals surface area (Å²) in [6, 6.07) is 10.6. The highest BCUT2D eigenvalue weighted by Gasteiger charge is 2.28. The maximum Gasteiger partial charge on any atom is 0.243 e. The first-order valence-electron chi connectivity index (χ1n) is 19.0. The quantitative estimate of drug-likeness (QED) is 0.0467. The Kier molecular flexibility index (Phi) is 21.1. The van der Waals surface area contributed by atoms with Crippen molar-refractivity contribution in [3.63, 3.8) is 0 Å². The summed E-state index contributed by atoms with van der Waals surface area (Å²) in [4.78, 5) is 112. The molecule has 2 aromatic rings. The van der Waals surface area contributed by atoms with E-state index in [-0.39, 0.29) is 56.5 Å². The van der Waals surface area contributed by atoms with E-state index < -0.39 is 91.1 Å². The first kappa shape index (κ1) is 48.6. The van der Waals surface area contributed by atoms with Gasteiger partial charge in [-0.15, -0.1) is 0 Å². The van der Waals surface area contributed by atoms with Crippen LogP contribution >= 0.6 is 0 Å². The van der Waals surface area contributed by atoms with E-state index in [9.17, 15) is 48.3 Å². The summed E-state index contributed by atoms with van der Waals surface area (Å²) in [5.41, 5.74) is 7.38. The molecular weight excluding hydrogens is 768 g/mol. The summed E-state index contributed by atoms with van der Waals surface area (Å²) in [5, 5.41) is 31.8. The van der Waals surface area contributed by atoms with Crippen molar-refractivity contribution in [1.82, 2.24) is 47.9 Å². The van der Waals surface area contributed by atoms with E-state index in [0.717, 1.165) is 0 Å². The molecule has 0 aliphatic rings. The molecule has 20 nitrogen and oxygen atoms in total. The van der Waals surface area contributed by atoms with Crippen molar-refractivity contribution in [1.29, 1.82) is 0 Å². The Morgan fingerprint density at radius 1 is 0.542 bits per heavy atom. The molecule has 0 aromatic heterocycles. The van der Waals surface area contributed by atoms with Gasteiger partial charge in [-0.25, -0.2) is 0 Å². The Balaban J connectivity index is 1.92. The molecule has 0 saturated heterocycles. The highest BCUT2D eigenvalue weighted by Crippen LogP contribution is 2.11. The molecule has 0 fully saturated rings. The Morgan fingerprint density at radius 3 is 1.66 bits per heavy atom. The minimum atomic E-state index is -1.19. The van der Waals surface area contributed by atoms with Crippen LogP contribution in [0.2, 0.25) is 0 Å². The van der Waals surface area contributed by atoms with Gasteiger partial charge in [0.15, 0.2) is 0 Å². The molecular formula is C39H56N10O10. The van der Waals surface area contributed by atoms with Gasteiger partial charge in [0, 0.05) is 26.4 Å². The number of hydrogen-bond donors (Lipinski definition) is 11. The van der Waals surface area contributed by atoms with E-state index in [0.29, 0.717) is 11.1 Å². The van der Waals surface area contributed by atoms with Crippen molar-refractivity contribution in [2.75, 3.05) is 39.3 Å². The Hall–Kier alpha value is -6.57. The second-order valence-electron chi connectivity index (χ2n) is 14.0. The van der Waals surface area contributed by atoms with Crippen molar-refractivity contribution in [3.05, 3.63) is 65.7 Å². The lowest BCUT2D eigenvalue weighted by molar-refractivity contribution is -0.133. The van der Waals surface area contributed by atoms with E-state index in [1.807, 2.05) is 13.8 Å². The maximum atomic E-state index is 13.7. The molecule has 0 heterocycles. The number of carbonyl (C=O) groups is 9. The van der Waals surface area contributed by atoms with Gasteiger partial charge in [0.2, 0.25) is 53.2 Å². The van der Waals surface area contributed by atoms with Crippen LogP contribution in [0, 0.1) is 5.92 Å². The first-order valence-corrected chi connectivity index (χ1v) is 19.0. The van der Waals surface area contributed by atoms with Gasteiger partial charge in [0.25, 0.3) is 0 Å². The zero-order valence-corrected chi connectivity index (χ0v) is 33.6. The zero-order chi connectivity index (χ0) is 43.9. The van der Waals surface area contributed by atoms with Gasteiger partial charge in [-0.2, -0.15) is 0 Å². The van der Waals surface area contributed by atoms with Crippen LogP contribution in [-0.4, -0.2) is 122 Å². The van der Waals surface area contributed by atoms with Gasteiger partial charge in [0.1, 0.15) is 23.9 Å². The molecule has 4 atom stereocenters. The SMILES string of the molecule is CC(=O)NCC(=O)NCCNC(=O)CNC(=O)CNC(=O)[C@@H](CC(C)C)NC(=O)[C@H](Cc1ccccc1)NC(=O)CNC(=O)[C@@H](C)NC(=O)[C@@H](N)Cc1ccc(O)cc1. The molecule has 2 rings (SSSR count). The topological polar surface area (TPSA) is 308 Å². The summed E-state index contributed by atoms with van der Waals surface area (Å²) in [6.45, 7) is 4.81. The van der Waals surface area contributed by atoms with Crippen molar-refractivity contribution in [3.8, 4) is 5.75 Å². The van der Waals surface area contributed by atoms with Crippen molar-refractivity contribution in [2.24, 2.45) is 11.7 Å². The second kappa shape index (κ2) is 25.6. The van der Waals surface area contributed by atoms with Gasteiger partial charge in [-0.1, -0.05) is 56.3 Å². The normalized spacial score (nSPS) is 12.6. The minimum absolute atomic E-state index is 0.0294. The summed E-state index contributed by atoms with van der Waals surface area (Å²) in [6.07, 6.45) is 0.355. The van der Waals surface area contributed by atoms with Crippen molar-refractivity contribution >= 4 is 53.2 Å². The number of nitrogens with two attached hydrogens (primary N) is 1. The molecule has 59 heavy (non-hydrogen) atoms. The average molecular weight is 825 g/mol. The van der Waals surface area contributed by atoms with Gasteiger partial charge in [0.05, 0.1) is 32.2 Å². The third-order valence-corrected chi connectivity index (χ3v) is 8.31. The first-order chi connectivity index (χ1) is 27.9. The largest absolute Gasteiger partial charge is 0.508 e. The summed E-state index contributed by atoms with van der Waals surface area (Å²) >= 11 is 0. The van der Waals surface area contributed by atoms with Crippen LogP contribution in [0.15, 0.2) is 54.6 Å². The number of aromatic hydroxyl groups is 1. The number of carbonyl (C=O) groups excluding carboxylic acids is 9. The average Bonchev–Trinajstić information content (AvgIpc) is 3.19. The number of hydrogen-bond acceptors (Lipinski definition) is 11. The molecule has 322 valence electrons. The molecule has 20 heteroatoms. The van der Waals surface area contributed by atoms with Crippen molar-refractivity contribution in [2.45, 2.75) is 71.1 Å². The van der Waals surface area contributed by atoms with Crippen LogP contribution < -0.4 is 53.6 Å². The van der Waals surface area contributed by atoms with Gasteiger partial charge >= 0.3 is 0 Å². The van der Waals surface area contributed by atoms with Crippen LogP contribution in [-0.2, 0) is 56.0 Å². The smallest absolute Gasteiger partial charge is 0.243 e. The Labute approximate surface area is 342 Å². The highest BCUT2D eigenvalue weighted by molar-refractivity contribution is 5.95. The number of amides is 9. The summed E-state index contributed by atoms with van der Waals surface area (Å²) < 4.78 is 0. The maximum absolute atomic E-state index is 13.7. The number of rotatable bonds is 24. The Bertz CT molecular complexity index is 1760. The van der Waals surface area contributed by atoms with Gasteiger partial charge in [-0.3, -0.25) is 43.2 Å². The molecule has 9 amide bonds. The number of phenolic OH excluding ortho intramolecular Hbond substituents is 1. The molecule has 0 spiro atoms. The monoisotopic (exact) mass is 824 g/mol. The fourth-order valence-corrected chi connectivity index (χ4v) is 5.23. The lowest BCUT2D eigenvalue weighted by Gasteiger charge is -2.24. The third-order valence-electron chi connectivity index (χ3n) is 8.31.